The van der Waals surface area contributed by atoms with Crippen molar-refractivity contribution in [2.75, 3.05) is 6.61 Å². The van der Waals surface area contributed by atoms with E-state index in [0.29, 0.717) is 4.88 Å². The first-order valence-electron chi connectivity index (χ1n) is 7.27. The summed E-state index contributed by atoms with van der Waals surface area (Å²) in [6.07, 6.45) is 1.50. The maximum Gasteiger partial charge on any atom is 0.355 e. The van der Waals surface area contributed by atoms with Gasteiger partial charge in [-0.3, -0.25) is 9.59 Å². The summed E-state index contributed by atoms with van der Waals surface area (Å²) in [4.78, 5) is 37.0. The molecule has 0 saturated carbocycles. The minimum absolute atomic E-state index is 0.0103. The van der Waals surface area contributed by atoms with Gasteiger partial charge >= 0.3 is 5.97 Å². The maximum atomic E-state index is 12.2. The van der Waals surface area contributed by atoms with Gasteiger partial charge < -0.3 is 10.1 Å². The van der Waals surface area contributed by atoms with Crippen LogP contribution in [-0.4, -0.2) is 24.3 Å². The van der Waals surface area contributed by atoms with Crippen LogP contribution in [0, 0.1) is 6.92 Å². The number of carbonyl (C=O) groups excluding carboxylic acids is 3. The van der Waals surface area contributed by atoms with Crippen molar-refractivity contribution in [2.24, 2.45) is 0 Å². The number of ketones is 1. The van der Waals surface area contributed by atoms with Crippen molar-refractivity contribution in [3.63, 3.8) is 0 Å². The fraction of sp³-hybridized carbons (Fsp3) is 0.167. The Kier molecular flexibility index (Phi) is 6.03. The molecule has 2 rings (SSSR count). The zero-order valence-corrected chi connectivity index (χ0v) is 14.2. The quantitative estimate of drug-likeness (QED) is 0.497. The average Bonchev–Trinajstić information content (AvgIpc) is 2.99. The van der Waals surface area contributed by atoms with Gasteiger partial charge in [-0.2, -0.15) is 0 Å². The number of amides is 1. The molecule has 0 spiro atoms. The molecule has 1 heterocycles. The molecule has 0 atom stereocenters. The average molecular weight is 343 g/mol. The normalized spacial score (nSPS) is 11.0. The molecule has 5 nitrogen and oxygen atoms in total. The molecule has 1 aromatic carbocycles. The van der Waals surface area contributed by atoms with Crippen LogP contribution in [0.2, 0.25) is 0 Å². The first-order chi connectivity index (χ1) is 11.5. The molecule has 1 N–H and O–H groups in total. The number of carbonyl (C=O) groups is 3. The summed E-state index contributed by atoms with van der Waals surface area (Å²) < 4.78 is 5.04. The topological polar surface area (TPSA) is 72.5 Å². The van der Waals surface area contributed by atoms with Crippen LogP contribution >= 0.6 is 11.3 Å². The van der Waals surface area contributed by atoms with Gasteiger partial charge in [0, 0.05) is 11.8 Å². The smallest absolute Gasteiger partial charge is 0.355 e. The predicted octanol–water partition coefficient (Wildman–Crippen LogP) is 2.96. The molecule has 0 aliphatic heterocycles. The molecule has 0 bridgehead atoms. The molecule has 6 heteroatoms. The van der Waals surface area contributed by atoms with E-state index >= 15 is 0 Å². The number of hydrogen-bond acceptors (Lipinski definition) is 5. The number of rotatable bonds is 6. The van der Waals surface area contributed by atoms with Crippen LogP contribution in [0.3, 0.4) is 0 Å². The molecule has 0 fully saturated rings. The van der Waals surface area contributed by atoms with Gasteiger partial charge in [0.15, 0.2) is 6.61 Å². The molecule has 0 aliphatic carbocycles. The molecule has 0 aliphatic rings. The highest BCUT2D eigenvalue weighted by Gasteiger charge is 2.16. The van der Waals surface area contributed by atoms with Crippen molar-refractivity contribution in [1.82, 2.24) is 5.32 Å². The molecule has 2 aromatic rings. The summed E-state index contributed by atoms with van der Waals surface area (Å²) in [7, 11) is 0. The Labute approximate surface area is 144 Å². The summed E-state index contributed by atoms with van der Waals surface area (Å²) >= 11 is 1.34. The van der Waals surface area contributed by atoms with Gasteiger partial charge in [-0.25, -0.2) is 4.79 Å². The first-order valence-corrected chi connectivity index (χ1v) is 8.08. The Balaban J connectivity index is 2.06. The van der Waals surface area contributed by atoms with Crippen molar-refractivity contribution in [1.29, 1.82) is 0 Å². The van der Waals surface area contributed by atoms with E-state index in [-0.39, 0.29) is 18.1 Å². The van der Waals surface area contributed by atoms with Gasteiger partial charge in [0.05, 0.1) is 4.88 Å². The second kappa shape index (κ2) is 8.21. The van der Waals surface area contributed by atoms with Gasteiger partial charge in [0.1, 0.15) is 5.70 Å². The van der Waals surface area contributed by atoms with E-state index in [4.69, 9.17) is 4.74 Å². The van der Waals surface area contributed by atoms with Crippen LogP contribution in [0.5, 0.6) is 0 Å². The molecule has 1 amide bonds. The van der Waals surface area contributed by atoms with E-state index in [2.05, 4.69) is 5.32 Å². The number of nitrogens with one attached hydrogen (secondary N) is 1. The van der Waals surface area contributed by atoms with E-state index in [1.807, 2.05) is 31.2 Å². The summed E-state index contributed by atoms with van der Waals surface area (Å²) in [5.74, 6) is -1.42. The van der Waals surface area contributed by atoms with Crippen molar-refractivity contribution in [2.45, 2.75) is 13.8 Å². The Morgan fingerprint density at radius 2 is 1.83 bits per heavy atom. The number of benzene rings is 1. The first kappa shape index (κ1) is 17.6. The van der Waals surface area contributed by atoms with Crippen molar-refractivity contribution >= 4 is 35.1 Å². The van der Waals surface area contributed by atoms with E-state index in [1.165, 1.54) is 24.3 Å². The summed E-state index contributed by atoms with van der Waals surface area (Å²) in [6.45, 7) is 2.82. The fourth-order valence-electron chi connectivity index (χ4n) is 1.92. The second-order valence-corrected chi connectivity index (χ2v) is 6.35. The lowest BCUT2D eigenvalue weighted by atomic mass is 10.2. The Morgan fingerprint density at radius 3 is 2.42 bits per heavy atom. The number of Topliss-reactive ketones (excluding diaryl/α,β-unsaturated/α-hetero) is 1. The summed E-state index contributed by atoms with van der Waals surface area (Å²) in [6, 6.07) is 12.6. The minimum Gasteiger partial charge on any atom is -0.453 e. The summed E-state index contributed by atoms with van der Waals surface area (Å²) in [5, 5.41) is 2.43. The third-order valence-corrected chi connectivity index (χ3v) is 4.03. The van der Waals surface area contributed by atoms with Crippen LogP contribution in [0.25, 0.3) is 6.08 Å². The highest BCUT2D eigenvalue weighted by Crippen LogP contribution is 2.16. The van der Waals surface area contributed by atoms with Gasteiger partial charge in [-0.15, -0.1) is 11.3 Å². The zero-order valence-electron chi connectivity index (χ0n) is 13.4. The molecular weight excluding hydrogens is 326 g/mol. The second-order valence-electron chi connectivity index (χ2n) is 5.06. The maximum absolute atomic E-state index is 12.2. The van der Waals surface area contributed by atoms with Crippen molar-refractivity contribution in [3.05, 3.63) is 63.5 Å². The van der Waals surface area contributed by atoms with E-state index in [1.54, 1.807) is 18.2 Å². The van der Waals surface area contributed by atoms with Crippen LogP contribution in [-0.2, 0) is 14.3 Å². The fourth-order valence-corrected chi connectivity index (χ4v) is 2.71. The lowest BCUT2D eigenvalue weighted by molar-refractivity contribution is -0.139. The van der Waals surface area contributed by atoms with E-state index in [9.17, 15) is 14.4 Å². The molecule has 0 unspecified atom stereocenters. The number of hydrogen-bond donors (Lipinski definition) is 1. The largest absolute Gasteiger partial charge is 0.453 e. The molecule has 124 valence electrons. The number of esters is 1. The predicted molar refractivity (Wildman–Crippen MR) is 92.6 cm³/mol. The highest BCUT2D eigenvalue weighted by atomic mass is 32.1. The van der Waals surface area contributed by atoms with Crippen molar-refractivity contribution in [3.8, 4) is 0 Å². The lowest BCUT2D eigenvalue weighted by Crippen LogP contribution is -2.27. The van der Waals surface area contributed by atoms with E-state index in [0.717, 1.165) is 10.4 Å². The van der Waals surface area contributed by atoms with E-state index < -0.39 is 11.9 Å². The number of thiophene rings is 1. The van der Waals surface area contributed by atoms with Crippen LogP contribution in [0.1, 0.15) is 27.0 Å². The third kappa shape index (κ3) is 5.17. The SMILES string of the molecule is CC(=O)N/C(=C\c1ccccc1)C(=O)OCC(=O)c1ccc(C)s1. The molecule has 0 radical (unpaired) electrons. The lowest BCUT2D eigenvalue weighted by Gasteiger charge is -2.08. The molecule has 0 saturated heterocycles. The standard InChI is InChI=1S/C18H17NO4S/c1-12-8-9-17(24-12)16(21)11-23-18(22)15(19-13(2)20)10-14-6-4-3-5-7-14/h3-10H,11H2,1-2H3,(H,19,20)/b15-10-. The number of aryl methyl sites for hydroxylation is 1. The summed E-state index contributed by atoms with van der Waals surface area (Å²) in [5.41, 5.74) is 0.724. The molecule has 24 heavy (non-hydrogen) atoms. The van der Waals surface area contributed by atoms with Gasteiger partial charge in [0.25, 0.3) is 0 Å². The Morgan fingerprint density at radius 1 is 1.12 bits per heavy atom. The Hall–Kier alpha value is -2.73. The highest BCUT2D eigenvalue weighted by molar-refractivity contribution is 7.14. The van der Waals surface area contributed by atoms with Crippen LogP contribution in [0.15, 0.2) is 48.2 Å². The molecule has 1 aromatic heterocycles. The van der Waals surface area contributed by atoms with Gasteiger partial charge in [0.2, 0.25) is 11.7 Å². The van der Waals surface area contributed by atoms with Crippen molar-refractivity contribution < 1.29 is 19.1 Å². The zero-order chi connectivity index (χ0) is 17.5. The Bertz CT molecular complexity index is 777. The minimum atomic E-state index is -0.754. The number of ether oxygens (including phenoxy) is 1. The van der Waals surface area contributed by atoms with Crippen LogP contribution < -0.4 is 5.32 Å². The van der Waals surface area contributed by atoms with Gasteiger partial charge in [-0.05, 0) is 30.7 Å². The molecular formula is C18H17NO4S. The monoisotopic (exact) mass is 343 g/mol. The van der Waals surface area contributed by atoms with Gasteiger partial charge in [-0.1, -0.05) is 30.3 Å². The third-order valence-electron chi connectivity index (χ3n) is 2.99. The van der Waals surface area contributed by atoms with Crippen LogP contribution in [0.4, 0.5) is 0 Å².